The fourth-order valence-corrected chi connectivity index (χ4v) is 4.05. The SMILES string of the molecule is CCCCS(=O)(=O)Nc1ccsc1C(=O)Nc1ccc(Cl)cc1. The van der Waals surface area contributed by atoms with Gasteiger partial charge in [-0.05, 0) is 42.1 Å². The van der Waals surface area contributed by atoms with Gasteiger partial charge in [-0.25, -0.2) is 8.42 Å². The van der Waals surface area contributed by atoms with Crippen molar-refractivity contribution in [2.75, 3.05) is 15.8 Å². The van der Waals surface area contributed by atoms with E-state index in [2.05, 4.69) is 10.0 Å². The lowest BCUT2D eigenvalue weighted by atomic mass is 10.3. The third-order valence-corrected chi connectivity index (χ3v) is 5.53. The van der Waals surface area contributed by atoms with E-state index in [1.807, 2.05) is 6.92 Å². The molecule has 1 heterocycles. The molecule has 0 atom stereocenters. The fraction of sp³-hybridized carbons (Fsp3) is 0.267. The first-order valence-electron chi connectivity index (χ1n) is 7.06. The lowest BCUT2D eigenvalue weighted by Gasteiger charge is -2.09. The Balaban J connectivity index is 2.10. The van der Waals surface area contributed by atoms with Gasteiger partial charge in [-0.15, -0.1) is 11.3 Å². The molecule has 2 rings (SSSR count). The van der Waals surface area contributed by atoms with Crippen molar-refractivity contribution in [2.24, 2.45) is 0 Å². The minimum Gasteiger partial charge on any atom is -0.321 e. The Morgan fingerprint density at radius 3 is 2.57 bits per heavy atom. The zero-order chi connectivity index (χ0) is 16.9. The quantitative estimate of drug-likeness (QED) is 0.764. The number of anilines is 2. The molecule has 0 saturated carbocycles. The maximum absolute atomic E-state index is 12.3. The molecule has 23 heavy (non-hydrogen) atoms. The summed E-state index contributed by atoms with van der Waals surface area (Å²) in [6.45, 7) is 1.92. The molecular weight excluding hydrogens is 356 g/mol. The van der Waals surface area contributed by atoms with E-state index in [4.69, 9.17) is 11.6 Å². The minimum absolute atomic E-state index is 0.0393. The van der Waals surface area contributed by atoms with Gasteiger partial charge in [0.2, 0.25) is 10.0 Å². The molecule has 1 amide bonds. The standard InChI is InChI=1S/C15H17ClN2O3S2/c1-2-3-10-23(20,21)18-13-8-9-22-14(13)15(19)17-12-6-4-11(16)5-7-12/h4-9,18H,2-3,10H2,1H3,(H,17,19). The van der Waals surface area contributed by atoms with Crippen molar-refractivity contribution in [1.82, 2.24) is 0 Å². The molecule has 0 aliphatic heterocycles. The predicted octanol–water partition coefficient (Wildman–Crippen LogP) is 4.20. The van der Waals surface area contributed by atoms with Crippen molar-refractivity contribution in [3.63, 3.8) is 0 Å². The molecule has 2 aromatic rings. The molecule has 124 valence electrons. The smallest absolute Gasteiger partial charge is 0.267 e. The molecule has 0 aliphatic carbocycles. The van der Waals surface area contributed by atoms with Crippen molar-refractivity contribution in [2.45, 2.75) is 19.8 Å². The summed E-state index contributed by atoms with van der Waals surface area (Å²) in [4.78, 5) is 12.6. The van der Waals surface area contributed by atoms with Gasteiger partial charge >= 0.3 is 0 Å². The van der Waals surface area contributed by atoms with Crippen LogP contribution in [0, 0.1) is 0 Å². The fourth-order valence-electron chi connectivity index (χ4n) is 1.84. The van der Waals surface area contributed by atoms with Crippen molar-refractivity contribution in [3.05, 3.63) is 45.6 Å². The van der Waals surface area contributed by atoms with Crippen LogP contribution >= 0.6 is 22.9 Å². The maximum Gasteiger partial charge on any atom is 0.267 e. The van der Waals surface area contributed by atoms with E-state index in [9.17, 15) is 13.2 Å². The third kappa shape index (κ3) is 5.23. The molecule has 0 spiro atoms. The highest BCUT2D eigenvalue weighted by Crippen LogP contribution is 2.25. The number of unbranched alkanes of at least 4 members (excludes halogenated alkanes) is 1. The van der Waals surface area contributed by atoms with Gasteiger partial charge < -0.3 is 5.32 Å². The first kappa shape index (κ1) is 17.8. The molecule has 1 aromatic carbocycles. The Morgan fingerprint density at radius 1 is 1.22 bits per heavy atom. The van der Waals surface area contributed by atoms with Gasteiger partial charge in [0, 0.05) is 10.7 Å². The Morgan fingerprint density at radius 2 is 1.91 bits per heavy atom. The van der Waals surface area contributed by atoms with Crippen LogP contribution in [0.1, 0.15) is 29.4 Å². The highest BCUT2D eigenvalue weighted by molar-refractivity contribution is 7.92. The number of carbonyl (C=O) groups excluding carboxylic acids is 1. The lowest BCUT2D eigenvalue weighted by Crippen LogP contribution is -2.19. The van der Waals surface area contributed by atoms with Gasteiger partial charge in [0.25, 0.3) is 5.91 Å². The van der Waals surface area contributed by atoms with Crippen molar-refractivity contribution >= 4 is 50.2 Å². The van der Waals surface area contributed by atoms with Gasteiger partial charge in [0.05, 0.1) is 11.4 Å². The van der Waals surface area contributed by atoms with E-state index in [-0.39, 0.29) is 11.7 Å². The maximum atomic E-state index is 12.3. The highest BCUT2D eigenvalue weighted by Gasteiger charge is 2.18. The summed E-state index contributed by atoms with van der Waals surface area (Å²) >= 11 is 6.98. The van der Waals surface area contributed by atoms with Crippen LogP contribution in [0.5, 0.6) is 0 Å². The normalized spacial score (nSPS) is 11.2. The minimum atomic E-state index is -3.44. The van der Waals surface area contributed by atoms with Crippen molar-refractivity contribution in [1.29, 1.82) is 0 Å². The number of sulfonamides is 1. The lowest BCUT2D eigenvalue weighted by molar-refractivity contribution is 0.103. The molecule has 2 N–H and O–H groups in total. The zero-order valence-electron chi connectivity index (χ0n) is 12.5. The Hall–Kier alpha value is -1.57. The first-order valence-corrected chi connectivity index (χ1v) is 9.97. The molecule has 8 heteroatoms. The average molecular weight is 373 g/mol. The van der Waals surface area contributed by atoms with Crippen molar-refractivity contribution in [3.8, 4) is 0 Å². The van der Waals surface area contributed by atoms with Crippen LogP contribution in [0.3, 0.4) is 0 Å². The Bertz CT molecular complexity index is 770. The van der Waals surface area contributed by atoms with Gasteiger partial charge in [0.15, 0.2) is 0 Å². The summed E-state index contributed by atoms with van der Waals surface area (Å²) in [6.07, 6.45) is 1.36. The number of benzene rings is 1. The zero-order valence-corrected chi connectivity index (χ0v) is 14.9. The molecule has 0 fully saturated rings. The van der Waals surface area contributed by atoms with E-state index >= 15 is 0 Å². The van der Waals surface area contributed by atoms with Crippen LogP contribution in [0.25, 0.3) is 0 Å². The third-order valence-electron chi connectivity index (χ3n) is 3.01. The summed E-state index contributed by atoms with van der Waals surface area (Å²) in [5.74, 6) is -0.326. The molecule has 0 radical (unpaired) electrons. The number of nitrogens with one attached hydrogen (secondary N) is 2. The second-order valence-corrected chi connectivity index (χ2v) is 8.09. The molecule has 5 nitrogen and oxygen atoms in total. The van der Waals surface area contributed by atoms with Gasteiger partial charge in [-0.2, -0.15) is 0 Å². The van der Waals surface area contributed by atoms with Crippen LogP contribution in [0.15, 0.2) is 35.7 Å². The van der Waals surface area contributed by atoms with E-state index in [0.717, 1.165) is 6.42 Å². The molecule has 1 aromatic heterocycles. The largest absolute Gasteiger partial charge is 0.321 e. The summed E-state index contributed by atoms with van der Waals surface area (Å²) in [5.41, 5.74) is 0.894. The van der Waals surface area contributed by atoms with E-state index in [1.54, 1.807) is 35.7 Å². The molecule has 0 aliphatic rings. The second-order valence-electron chi connectivity index (χ2n) is 4.90. The number of carbonyl (C=O) groups is 1. The topological polar surface area (TPSA) is 75.3 Å². The number of amides is 1. The number of halogens is 1. The molecular formula is C15H17ClN2O3S2. The van der Waals surface area contributed by atoms with E-state index in [0.29, 0.717) is 27.7 Å². The van der Waals surface area contributed by atoms with Gasteiger partial charge in [0.1, 0.15) is 4.88 Å². The van der Waals surface area contributed by atoms with Crippen LogP contribution in [-0.2, 0) is 10.0 Å². The summed E-state index contributed by atoms with van der Waals surface area (Å²) in [6, 6.07) is 8.28. The van der Waals surface area contributed by atoms with Crippen LogP contribution in [0.4, 0.5) is 11.4 Å². The van der Waals surface area contributed by atoms with Gasteiger partial charge in [-0.1, -0.05) is 24.9 Å². The molecule has 0 saturated heterocycles. The van der Waals surface area contributed by atoms with Gasteiger partial charge in [-0.3, -0.25) is 9.52 Å². The van der Waals surface area contributed by atoms with Crippen molar-refractivity contribution < 1.29 is 13.2 Å². The van der Waals surface area contributed by atoms with Crippen LogP contribution < -0.4 is 10.0 Å². The highest BCUT2D eigenvalue weighted by atomic mass is 35.5. The predicted molar refractivity (Wildman–Crippen MR) is 96.0 cm³/mol. The first-order chi connectivity index (χ1) is 10.9. The molecule has 0 bridgehead atoms. The monoisotopic (exact) mass is 372 g/mol. The summed E-state index contributed by atoms with van der Waals surface area (Å²) < 4.78 is 26.4. The van der Waals surface area contributed by atoms with E-state index < -0.39 is 10.0 Å². The number of thiophene rings is 1. The second kappa shape index (κ2) is 7.81. The molecule has 0 unspecified atom stereocenters. The van der Waals surface area contributed by atoms with Crippen LogP contribution in [0.2, 0.25) is 5.02 Å². The van der Waals surface area contributed by atoms with Crippen LogP contribution in [-0.4, -0.2) is 20.1 Å². The number of hydrogen-bond acceptors (Lipinski definition) is 4. The van der Waals surface area contributed by atoms with E-state index in [1.165, 1.54) is 11.3 Å². The number of rotatable bonds is 7. The average Bonchev–Trinajstić information content (AvgIpc) is 2.95. The Kier molecular flexibility index (Phi) is 6.04. The number of hydrogen-bond donors (Lipinski definition) is 2. The summed E-state index contributed by atoms with van der Waals surface area (Å²) in [7, 11) is -3.44. The summed E-state index contributed by atoms with van der Waals surface area (Å²) in [5, 5.41) is 4.97. The Labute approximate surface area is 144 Å².